The molecule has 0 unspecified atom stereocenters. The Morgan fingerprint density at radius 1 is 1.44 bits per heavy atom. The van der Waals surface area contributed by atoms with Crippen LogP contribution in [-0.2, 0) is 7.05 Å². The molecule has 0 fully saturated rings. The second-order valence-corrected chi connectivity index (χ2v) is 3.72. The van der Waals surface area contributed by atoms with Gasteiger partial charge < -0.3 is 5.11 Å². The minimum Gasteiger partial charge on any atom is -0.478 e. The number of aromatic carboxylic acids is 1. The molecule has 0 aliphatic heterocycles. The van der Waals surface area contributed by atoms with E-state index in [1.807, 2.05) is 0 Å². The van der Waals surface area contributed by atoms with Crippen molar-refractivity contribution in [2.24, 2.45) is 7.05 Å². The molecule has 2 rings (SSSR count). The van der Waals surface area contributed by atoms with Gasteiger partial charge in [-0.3, -0.25) is 4.68 Å². The first-order chi connectivity index (χ1) is 8.41. The zero-order valence-electron chi connectivity index (χ0n) is 9.61. The minimum absolute atomic E-state index is 0.0116. The predicted octanol–water partition coefficient (Wildman–Crippen LogP) is 1.77. The summed E-state index contributed by atoms with van der Waals surface area (Å²) in [5.41, 5.74) is -0.129. The molecule has 0 bridgehead atoms. The zero-order chi connectivity index (χ0) is 13.4. The standard InChI is InChI=1S/C11H9F2N3O2/c1-5-8(11(17)18)10(16(2)15-5)9-7(13)3-6(12)4-14-9/h3-4H,1-2H3,(H,17,18). The van der Waals surface area contributed by atoms with Crippen LogP contribution in [-0.4, -0.2) is 25.8 Å². The van der Waals surface area contributed by atoms with Gasteiger partial charge >= 0.3 is 5.97 Å². The van der Waals surface area contributed by atoms with Gasteiger partial charge in [0.1, 0.15) is 22.8 Å². The normalized spacial score (nSPS) is 10.7. The molecule has 0 aliphatic carbocycles. The van der Waals surface area contributed by atoms with Gasteiger partial charge in [0.15, 0.2) is 5.82 Å². The lowest BCUT2D eigenvalue weighted by molar-refractivity contribution is 0.0697. The van der Waals surface area contributed by atoms with Crippen LogP contribution in [0, 0.1) is 18.6 Å². The highest BCUT2D eigenvalue weighted by Gasteiger charge is 2.24. The van der Waals surface area contributed by atoms with Crippen LogP contribution in [0.3, 0.4) is 0 Å². The monoisotopic (exact) mass is 253 g/mol. The minimum atomic E-state index is -1.24. The highest BCUT2D eigenvalue weighted by molar-refractivity contribution is 5.95. The molecule has 94 valence electrons. The lowest BCUT2D eigenvalue weighted by Gasteiger charge is -2.04. The van der Waals surface area contributed by atoms with Gasteiger partial charge in [-0.1, -0.05) is 0 Å². The lowest BCUT2D eigenvalue weighted by Crippen LogP contribution is -2.04. The number of pyridine rings is 1. The number of hydrogen-bond acceptors (Lipinski definition) is 3. The zero-order valence-corrected chi connectivity index (χ0v) is 9.61. The van der Waals surface area contributed by atoms with Crippen LogP contribution in [0.15, 0.2) is 12.3 Å². The van der Waals surface area contributed by atoms with Crippen molar-refractivity contribution in [1.29, 1.82) is 0 Å². The predicted molar refractivity (Wildman–Crippen MR) is 58.1 cm³/mol. The molecule has 0 amide bonds. The second kappa shape index (κ2) is 4.17. The fourth-order valence-corrected chi connectivity index (χ4v) is 1.77. The van der Waals surface area contributed by atoms with Crippen LogP contribution < -0.4 is 0 Å². The Morgan fingerprint density at radius 2 is 2.11 bits per heavy atom. The fourth-order valence-electron chi connectivity index (χ4n) is 1.77. The molecule has 7 heteroatoms. The van der Waals surface area contributed by atoms with Crippen molar-refractivity contribution in [3.8, 4) is 11.4 Å². The summed E-state index contributed by atoms with van der Waals surface area (Å²) in [4.78, 5) is 14.7. The van der Waals surface area contributed by atoms with Gasteiger partial charge in [-0.15, -0.1) is 0 Å². The molecular weight excluding hydrogens is 244 g/mol. The van der Waals surface area contributed by atoms with E-state index in [1.54, 1.807) is 0 Å². The van der Waals surface area contributed by atoms with Gasteiger partial charge in [0.2, 0.25) is 0 Å². The van der Waals surface area contributed by atoms with Crippen molar-refractivity contribution < 1.29 is 18.7 Å². The maximum Gasteiger partial charge on any atom is 0.339 e. The Balaban J connectivity index is 2.74. The van der Waals surface area contributed by atoms with Crippen molar-refractivity contribution in [2.75, 3.05) is 0 Å². The number of halogens is 2. The quantitative estimate of drug-likeness (QED) is 0.885. The van der Waals surface area contributed by atoms with E-state index in [9.17, 15) is 13.6 Å². The Bertz CT molecular complexity index is 637. The Morgan fingerprint density at radius 3 is 2.67 bits per heavy atom. The molecule has 18 heavy (non-hydrogen) atoms. The third kappa shape index (κ3) is 1.83. The molecule has 2 aromatic heterocycles. The smallest absolute Gasteiger partial charge is 0.339 e. The van der Waals surface area contributed by atoms with E-state index in [-0.39, 0.29) is 22.6 Å². The number of aromatic nitrogens is 3. The third-order valence-electron chi connectivity index (χ3n) is 2.47. The largest absolute Gasteiger partial charge is 0.478 e. The molecule has 0 atom stereocenters. The van der Waals surface area contributed by atoms with Gasteiger partial charge in [-0.05, 0) is 6.92 Å². The van der Waals surface area contributed by atoms with E-state index in [0.717, 1.165) is 6.20 Å². The molecule has 0 aromatic carbocycles. The van der Waals surface area contributed by atoms with Crippen LogP contribution in [0.2, 0.25) is 0 Å². The molecule has 0 saturated carbocycles. The second-order valence-electron chi connectivity index (χ2n) is 3.72. The first kappa shape index (κ1) is 12.2. The first-order valence-electron chi connectivity index (χ1n) is 5.00. The lowest BCUT2D eigenvalue weighted by atomic mass is 10.1. The summed E-state index contributed by atoms with van der Waals surface area (Å²) in [6.45, 7) is 1.49. The molecule has 5 nitrogen and oxygen atoms in total. The van der Waals surface area contributed by atoms with Crippen LogP contribution in [0.1, 0.15) is 16.1 Å². The Hall–Kier alpha value is -2.31. The molecule has 2 aromatic rings. The average Bonchev–Trinajstić information content (AvgIpc) is 2.53. The van der Waals surface area contributed by atoms with Gasteiger partial charge in [0.05, 0.1) is 11.9 Å². The fraction of sp³-hybridized carbons (Fsp3) is 0.182. The highest BCUT2D eigenvalue weighted by atomic mass is 19.1. The SMILES string of the molecule is Cc1nn(C)c(-c2ncc(F)cc2F)c1C(=O)O. The van der Waals surface area contributed by atoms with Crippen molar-refractivity contribution in [3.63, 3.8) is 0 Å². The number of rotatable bonds is 2. The molecule has 0 spiro atoms. The Kier molecular flexibility index (Phi) is 2.82. The number of carboxylic acids is 1. The van der Waals surface area contributed by atoms with Gasteiger partial charge in [0, 0.05) is 13.1 Å². The van der Waals surface area contributed by atoms with Crippen molar-refractivity contribution in [1.82, 2.24) is 14.8 Å². The summed E-state index contributed by atoms with van der Waals surface area (Å²) in [6, 6.07) is 0.649. The molecule has 0 saturated heterocycles. The molecule has 0 radical (unpaired) electrons. The average molecular weight is 253 g/mol. The summed E-state index contributed by atoms with van der Waals surface area (Å²) < 4.78 is 27.6. The summed E-state index contributed by atoms with van der Waals surface area (Å²) in [5, 5.41) is 13.0. The molecular formula is C11H9F2N3O2. The number of nitrogens with zero attached hydrogens (tertiary/aromatic N) is 3. The van der Waals surface area contributed by atoms with E-state index in [0.29, 0.717) is 6.07 Å². The number of aryl methyl sites for hydroxylation is 2. The van der Waals surface area contributed by atoms with Crippen LogP contribution in [0.4, 0.5) is 8.78 Å². The van der Waals surface area contributed by atoms with E-state index in [2.05, 4.69) is 10.1 Å². The topological polar surface area (TPSA) is 68.0 Å². The van der Waals surface area contributed by atoms with Crippen LogP contribution in [0.5, 0.6) is 0 Å². The maximum absolute atomic E-state index is 13.6. The van der Waals surface area contributed by atoms with Crippen molar-refractivity contribution in [2.45, 2.75) is 6.92 Å². The number of hydrogen-bond donors (Lipinski definition) is 1. The summed E-state index contributed by atoms with van der Waals surface area (Å²) in [5.74, 6) is -2.99. The number of carboxylic acid groups (broad SMARTS) is 1. The van der Waals surface area contributed by atoms with Crippen molar-refractivity contribution in [3.05, 3.63) is 35.2 Å². The van der Waals surface area contributed by atoms with Crippen molar-refractivity contribution >= 4 is 5.97 Å². The van der Waals surface area contributed by atoms with Crippen LogP contribution in [0.25, 0.3) is 11.4 Å². The molecule has 2 heterocycles. The van der Waals surface area contributed by atoms with Crippen LogP contribution >= 0.6 is 0 Å². The first-order valence-corrected chi connectivity index (χ1v) is 5.00. The summed E-state index contributed by atoms with van der Waals surface area (Å²) in [7, 11) is 1.47. The van der Waals surface area contributed by atoms with E-state index in [4.69, 9.17) is 5.11 Å². The summed E-state index contributed by atoms with van der Waals surface area (Å²) >= 11 is 0. The third-order valence-corrected chi connectivity index (χ3v) is 2.47. The van der Waals surface area contributed by atoms with E-state index < -0.39 is 17.6 Å². The summed E-state index contributed by atoms with van der Waals surface area (Å²) in [6.07, 6.45) is 0.826. The molecule has 1 N–H and O–H groups in total. The highest BCUT2D eigenvalue weighted by Crippen LogP contribution is 2.26. The van der Waals surface area contributed by atoms with Gasteiger partial charge in [0.25, 0.3) is 0 Å². The Labute approximate surface area is 101 Å². The molecule has 0 aliphatic rings. The van der Waals surface area contributed by atoms with Gasteiger partial charge in [-0.25, -0.2) is 18.6 Å². The number of carbonyl (C=O) groups is 1. The van der Waals surface area contributed by atoms with E-state index in [1.165, 1.54) is 18.7 Å². The van der Waals surface area contributed by atoms with E-state index >= 15 is 0 Å². The maximum atomic E-state index is 13.6. The van der Waals surface area contributed by atoms with Gasteiger partial charge in [-0.2, -0.15) is 5.10 Å².